The molecule has 0 aliphatic carbocycles. The number of ether oxygens (including phenoxy) is 1. The van der Waals surface area contributed by atoms with E-state index in [1.165, 1.54) is 0 Å². The summed E-state index contributed by atoms with van der Waals surface area (Å²) in [6.45, 7) is 1.09. The minimum absolute atomic E-state index is 0.0278. The molecule has 0 saturated heterocycles. The first kappa shape index (κ1) is 15.3. The molecule has 0 radical (unpaired) electrons. The molecule has 0 aliphatic heterocycles. The van der Waals surface area contributed by atoms with Gasteiger partial charge < -0.3 is 25.2 Å². The van der Waals surface area contributed by atoms with E-state index in [4.69, 9.17) is 20.4 Å². The van der Waals surface area contributed by atoms with Gasteiger partial charge in [-0.2, -0.15) is 0 Å². The van der Waals surface area contributed by atoms with Gasteiger partial charge in [0.15, 0.2) is 0 Å². The number of aliphatic hydroxyl groups is 4. The number of hydrogen-bond donors (Lipinski definition) is 4. The monoisotopic (exact) mass is 196 g/mol. The van der Waals surface area contributed by atoms with Crippen molar-refractivity contribution in [1.29, 1.82) is 0 Å². The highest BCUT2D eigenvalue weighted by atomic mass is 16.5. The molecular formula is C8H20O5. The fourth-order valence-electron chi connectivity index (χ4n) is 0.455. The molecule has 0 bridgehead atoms. The van der Waals surface area contributed by atoms with Gasteiger partial charge in [0.1, 0.15) is 0 Å². The Labute approximate surface area is 78.6 Å². The Hall–Kier alpha value is -0.200. The minimum atomic E-state index is 0.0278. The number of hydrogen-bond acceptors (Lipinski definition) is 5. The summed E-state index contributed by atoms with van der Waals surface area (Å²) < 4.78 is 4.63. The quantitative estimate of drug-likeness (QED) is 0.382. The fraction of sp³-hybridized carbons (Fsp3) is 1.00. The summed E-state index contributed by atoms with van der Waals surface area (Å²) >= 11 is 0. The molecule has 0 unspecified atom stereocenters. The first-order valence-electron chi connectivity index (χ1n) is 4.34. The van der Waals surface area contributed by atoms with Gasteiger partial charge in [-0.05, 0) is 12.8 Å². The van der Waals surface area contributed by atoms with E-state index in [-0.39, 0.29) is 26.4 Å². The van der Waals surface area contributed by atoms with Crippen LogP contribution in [0.2, 0.25) is 0 Å². The van der Waals surface area contributed by atoms with Crippen LogP contribution in [-0.2, 0) is 4.74 Å². The zero-order valence-corrected chi connectivity index (χ0v) is 7.85. The van der Waals surface area contributed by atoms with Crippen molar-refractivity contribution in [2.45, 2.75) is 12.8 Å². The Morgan fingerprint density at radius 1 is 0.615 bits per heavy atom. The molecule has 5 heteroatoms. The average Bonchev–Trinajstić information content (AvgIpc) is 2.17. The minimum Gasteiger partial charge on any atom is -0.396 e. The van der Waals surface area contributed by atoms with Gasteiger partial charge in [0.05, 0.1) is 26.4 Å². The van der Waals surface area contributed by atoms with Gasteiger partial charge in [-0.25, -0.2) is 0 Å². The molecular weight excluding hydrogens is 176 g/mol. The van der Waals surface area contributed by atoms with Crippen LogP contribution in [0.1, 0.15) is 12.8 Å². The van der Waals surface area contributed by atoms with Crippen LogP contribution in [0.5, 0.6) is 0 Å². The predicted molar refractivity (Wildman–Crippen MR) is 48.4 cm³/mol. The zero-order chi connectivity index (χ0) is 10.4. The SMILES string of the molecule is OCCCCO.OCCOCCO. The lowest BCUT2D eigenvalue weighted by Crippen LogP contribution is -2.03. The Morgan fingerprint density at radius 3 is 1.23 bits per heavy atom. The van der Waals surface area contributed by atoms with Gasteiger partial charge in [-0.15, -0.1) is 0 Å². The Bertz CT molecular complexity index is 61.6. The summed E-state index contributed by atoms with van der Waals surface area (Å²) in [6, 6.07) is 0. The lowest BCUT2D eigenvalue weighted by Gasteiger charge is -1.94. The van der Waals surface area contributed by atoms with E-state index in [0.717, 1.165) is 12.8 Å². The molecule has 0 atom stereocenters. The summed E-state index contributed by atoms with van der Waals surface area (Å²) in [6.07, 6.45) is 1.44. The normalized spacial score (nSPS) is 9.23. The second-order valence-corrected chi connectivity index (χ2v) is 2.21. The summed E-state index contributed by atoms with van der Waals surface area (Å²) in [5.41, 5.74) is 0. The summed E-state index contributed by atoms with van der Waals surface area (Å²) in [7, 11) is 0. The van der Waals surface area contributed by atoms with E-state index in [1.807, 2.05) is 0 Å². The van der Waals surface area contributed by atoms with E-state index in [0.29, 0.717) is 13.2 Å². The third-order valence-corrected chi connectivity index (χ3v) is 1.04. The molecule has 0 spiro atoms. The van der Waals surface area contributed by atoms with Gasteiger partial charge in [0, 0.05) is 13.2 Å². The third-order valence-electron chi connectivity index (χ3n) is 1.04. The smallest absolute Gasteiger partial charge is 0.0698 e. The molecule has 0 rings (SSSR count). The summed E-state index contributed by atoms with van der Waals surface area (Å²) in [5.74, 6) is 0. The molecule has 82 valence electrons. The maximum atomic E-state index is 8.09. The average molecular weight is 196 g/mol. The highest BCUT2D eigenvalue weighted by Crippen LogP contribution is 1.80. The van der Waals surface area contributed by atoms with Crippen LogP contribution in [0.4, 0.5) is 0 Å². The van der Waals surface area contributed by atoms with Crippen LogP contribution in [0.3, 0.4) is 0 Å². The molecule has 0 saturated carbocycles. The van der Waals surface area contributed by atoms with E-state index < -0.39 is 0 Å². The summed E-state index contributed by atoms with van der Waals surface area (Å²) in [5, 5.41) is 32.3. The highest BCUT2D eigenvalue weighted by molar-refractivity contribution is 4.30. The third kappa shape index (κ3) is 24.5. The zero-order valence-electron chi connectivity index (χ0n) is 7.85. The number of rotatable bonds is 7. The first-order valence-corrected chi connectivity index (χ1v) is 4.34. The van der Waals surface area contributed by atoms with Crippen molar-refractivity contribution >= 4 is 0 Å². The molecule has 0 aromatic heterocycles. The fourth-order valence-corrected chi connectivity index (χ4v) is 0.455. The van der Waals surface area contributed by atoms with E-state index in [1.54, 1.807) is 0 Å². The van der Waals surface area contributed by atoms with Crippen molar-refractivity contribution in [3.05, 3.63) is 0 Å². The Balaban J connectivity index is 0. The van der Waals surface area contributed by atoms with E-state index in [2.05, 4.69) is 4.74 Å². The van der Waals surface area contributed by atoms with Crippen LogP contribution in [0, 0.1) is 0 Å². The van der Waals surface area contributed by atoms with Gasteiger partial charge in [0.2, 0.25) is 0 Å². The van der Waals surface area contributed by atoms with Crippen LogP contribution in [-0.4, -0.2) is 60.1 Å². The van der Waals surface area contributed by atoms with E-state index >= 15 is 0 Å². The van der Waals surface area contributed by atoms with Crippen LogP contribution in [0.15, 0.2) is 0 Å². The van der Waals surface area contributed by atoms with Crippen molar-refractivity contribution in [2.24, 2.45) is 0 Å². The molecule has 5 nitrogen and oxygen atoms in total. The van der Waals surface area contributed by atoms with Crippen molar-refractivity contribution in [2.75, 3.05) is 39.6 Å². The molecule has 0 amide bonds. The Kier molecular flexibility index (Phi) is 20.9. The molecule has 0 aliphatic rings. The summed E-state index contributed by atoms with van der Waals surface area (Å²) in [4.78, 5) is 0. The number of aliphatic hydroxyl groups excluding tert-OH is 4. The lowest BCUT2D eigenvalue weighted by molar-refractivity contribution is 0.0650. The van der Waals surface area contributed by atoms with Gasteiger partial charge >= 0.3 is 0 Å². The molecule has 4 N–H and O–H groups in total. The molecule has 13 heavy (non-hydrogen) atoms. The van der Waals surface area contributed by atoms with Crippen molar-refractivity contribution in [1.82, 2.24) is 0 Å². The lowest BCUT2D eigenvalue weighted by atomic mass is 10.3. The van der Waals surface area contributed by atoms with Crippen molar-refractivity contribution in [3.63, 3.8) is 0 Å². The second-order valence-electron chi connectivity index (χ2n) is 2.21. The molecule has 0 fully saturated rings. The molecule has 0 aromatic rings. The topological polar surface area (TPSA) is 90.2 Å². The van der Waals surface area contributed by atoms with Gasteiger partial charge in [0.25, 0.3) is 0 Å². The van der Waals surface area contributed by atoms with E-state index in [9.17, 15) is 0 Å². The first-order chi connectivity index (χ1) is 6.33. The van der Waals surface area contributed by atoms with Crippen molar-refractivity contribution < 1.29 is 25.2 Å². The van der Waals surface area contributed by atoms with Crippen molar-refractivity contribution in [3.8, 4) is 0 Å². The largest absolute Gasteiger partial charge is 0.396 e. The highest BCUT2D eigenvalue weighted by Gasteiger charge is 1.79. The van der Waals surface area contributed by atoms with Crippen LogP contribution < -0.4 is 0 Å². The Morgan fingerprint density at radius 2 is 1.00 bits per heavy atom. The van der Waals surface area contributed by atoms with Crippen LogP contribution >= 0.6 is 0 Å². The number of unbranched alkanes of at least 4 members (excludes halogenated alkanes) is 1. The predicted octanol–water partition coefficient (Wildman–Crippen LogP) is -1.26. The standard InChI is InChI=1S/C4H10O3.C4H10O2/c5-1-3-7-4-2-6;5-3-1-2-4-6/h5-6H,1-4H2;5-6H,1-4H2. The molecule has 0 aromatic carbocycles. The second kappa shape index (κ2) is 17.8. The maximum Gasteiger partial charge on any atom is 0.0698 e. The molecule has 0 heterocycles. The van der Waals surface area contributed by atoms with Gasteiger partial charge in [-0.1, -0.05) is 0 Å². The van der Waals surface area contributed by atoms with Gasteiger partial charge in [-0.3, -0.25) is 0 Å². The van der Waals surface area contributed by atoms with Crippen LogP contribution in [0.25, 0.3) is 0 Å². The maximum absolute atomic E-state index is 8.09.